The van der Waals surface area contributed by atoms with Crippen LogP contribution in [-0.2, 0) is 10.0 Å². The van der Waals surface area contributed by atoms with E-state index in [1.54, 1.807) is 13.8 Å². The van der Waals surface area contributed by atoms with Crippen LogP contribution in [0, 0.1) is 0 Å². The van der Waals surface area contributed by atoms with E-state index in [1.807, 2.05) is 0 Å². The van der Waals surface area contributed by atoms with Crippen LogP contribution in [0.1, 0.15) is 33.1 Å². The maximum atomic E-state index is 12.2. The Labute approximate surface area is 108 Å². The van der Waals surface area contributed by atoms with E-state index in [1.165, 1.54) is 4.31 Å². The molecule has 0 spiro atoms. The fourth-order valence-electron chi connectivity index (χ4n) is 1.96. The number of sulfonamides is 1. The van der Waals surface area contributed by atoms with Gasteiger partial charge in [0.1, 0.15) is 5.25 Å². The Balaban J connectivity index is 2.82. The molecule has 17 heavy (non-hydrogen) atoms. The monoisotopic (exact) mass is 280 g/mol. The Hall–Kier alpha value is -0.240. The van der Waals surface area contributed by atoms with Gasteiger partial charge in [0.2, 0.25) is 10.0 Å². The van der Waals surface area contributed by atoms with Gasteiger partial charge in [0.15, 0.2) is 0 Å². The molecule has 1 aliphatic heterocycles. The highest BCUT2D eigenvalue weighted by molar-refractivity contribution is 7.92. The number of thiocarbonyl (C=S) groups is 1. The standard InChI is InChI=1S/C10H20N2O3S2/c1-3-8(9(11)16)17(14,15)12-6-4-10(2,13)5-7-12/h8,13H,3-7H2,1-2H3,(H2,11,16). The van der Waals surface area contributed by atoms with Gasteiger partial charge in [0, 0.05) is 13.1 Å². The predicted molar refractivity (Wildman–Crippen MR) is 71.2 cm³/mol. The number of rotatable bonds is 4. The number of hydrogen-bond acceptors (Lipinski definition) is 4. The van der Waals surface area contributed by atoms with Crippen LogP contribution >= 0.6 is 12.2 Å². The predicted octanol–water partition coefficient (Wildman–Crippen LogP) is 0.228. The topological polar surface area (TPSA) is 83.6 Å². The van der Waals surface area contributed by atoms with E-state index >= 15 is 0 Å². The lowest BCUT2D eigenvalue weighted by Crippen LogP contribution is -2.50. The first-order valence-electron chi connectivity index (χ1n) is 5.71. The summed E-state index contributed by atoms with van der Waals surface area (Å²) in [6.07, 6.45) is 1.27. The second-order valence-corrected chi connectivity index (χ2v) is 7.33. The molecule has 1 atom stereocenters. The summed E-state index contributed by atoms with van der Waals surface area (Å²) in [6, 6.07) is 0. The van der Waals surface area contributed by atoms with Gasteiger partial charge in [-0.25, -0.2) is 12.7 Å². The first kappa shape index (κ1) is 14.8. The van der Waals surface area contributed by atoms with Gasteiger partial charge in [-0.15, -0.1) is 0 Å². The Bertz CT molecular complexity index is 382. The number of hydrogen-bond donors (Lipinski definition) is 2. The van der Waals surface area contributed by atoms with E-state index in [-0.39, 0.29) is 4.99 Å². The second-order valence-electron chi connectivity index (χ2n) is 4.74. The van der Waals surface area contributed by atoms with Crippen LogP contribution in [0.25, 0.3) is 0 Å². The number of nitrogens with two attached hydrogens (primary N) is 1. The summed E-state index contributed by atoms with van der Waals surface area (Å²) < 4.78 is 25.9. The van der Waals surface area contributed by atoms with Crippen molar-refractivity contribution in [3.63, 3.8) is 0 Å². The minimum absolute atomic E-state index is 0.0184. The van der Waals surface area contributed by atoms with E-state index in [0.717, 1.165) is 0 Å². The minimum Gasteiger partial charge on any atom is -0.392 e. The molecule has 0 aromatic heterocycles. The third kappa shape index (κ3) is 3.37. The van der Waals surface area contributed by atoms with Crippen molar-refractivity contribution >= 4 is 27.2 Å². The molecular formula is C10H20N2O3S2. The van der Waals surface area contributed by atoms with Crippen molar-refractivity contribution in [3.8, 4) is 0 Å². The molecule has 1 aliphatic rings. The third-order valence-electron chi connectivity index (χ3n) is 3.21. The molecule has 1 fully saturated rings. The second kappa shape index (κ2) is 5.17. The molecule has 0 aromatic carbocycles. The van der Waals surface area contributed by atoms with Crippen LogP contribution in [-0.4, -0.2) is 46.8 Å². The van der Waals surface area contributed by atoms with E-state index < -0.39 is 20.9 Å². The highest BCUT2D eigenvalue weighted by Gasteiger charge is 2.37. The molecule has 1 unspecified atom stereocenters. The van der Waals surface area contributed by atoms with E-state index in [9.17, 15) is 13.5 Å². The van der Waals surface area contributed by atoms with Crippen molar-refractivity contribution in [1.29, 1.82) is 0 Å². The minimum atomic E-state index is -3.47. The first-order valence-corrected chi connectivity index (χ1v) is 7.62. The van der Waals surface area contributed by atoms with Gasteiger partial charge in [0.05, 0.1) is 10.6 Å². The average Bonchev–Trinajstić information content (AvgIpc) is 2.16. The van der Waals surface area contributed by atoms with Gasteiger partial charge in [-0.2, -0.15) is 0 Å². The van der Waals surface area contributed by atoms with Crippen LogP contribution < -0.4 is 5.73 Å². The lowest BCUT2D eigenvalue weighted by Gasteiger charge is -2.36. The zero-order chi connectivity index (χ0) is 13.3. The smallest absolute Gasteiger partial charge is 0.223 e. The van der Waals surface area contributed by atoms with Gasteiger partial charge in [-0.1, -0.05) is 19.1 Å². The summed E-state index contributed by atoms with van der Waals surface area (Å²) >= 11 is 4.80. The van der Waals surface area contributed by atoms with Gasteiger partial charge < -0.3 is 10.8 Å². The molecule has 0 bridgehead atoms. The molecule has 0 aliphatic carbocycles. The Morgan fingerprint density at radius 2 is 2.00 bits per heavy atom. The fourth-order valence-corrected chi connectivity index (χ4v) is 4.26. The fraction of sp³-hybridized carbons (Fsp3) is 0.900. The lowest BCUT2D eigenvalue weighted by atomic mass is 9.95. The highest BCUT2D eigenvalue weighted by atomic mass is 32.2. The number of aliphatic hydroxyl groups is 1. The van der Waals surface area contributed by atoms with Crippen molar-refractivity contribution in [3.05, 3.63) is 0 Å². The van der Waals surface area contributed by atoms with E-state index in [0.29, 0.717) is 32.4 Å². The molecule has 100 valence electrons. The molecule has 0 aromatic rings. The summed E-state index contributed by atoms with van der Waals surface area (Å²) in [5, 5.41) is 9.00. The molecule has 3 N–H and O–H groups in total. The van der Waals surface area contributed by atoms with Crippen molar-refractivity contribution in [2.24, 2.45) is 5.73 Å². The summed E-state index contributed by atoms with van der Waals surface area (Å²) in [6.45, 7) is 4.13. The zero-order valence-electron chi connectivity index (χ0n) is 10.2. The van der Waals surface area contributed by atoms with Crippen molar-refractivity contribution in [2.75, 3.05) is 13.1 Å². The number of nitrogens with zero attached hydrogens (tertiary/aromatic N) is 1. The van der Waals surface area contributed by atoms with Crippen LogP contribution in [0.5, 0.6) is 0 Å². The maximum Gasteiger partial charge on any atom is 0.223 e. The quantitative estimate of drug-likeness (QED) is 0.720. The summed E-state index contributed by atoms with van der Waals surface area (Å²) in [7, 11) is -3.47. The molecule has 1 rings (SSSR count). The normalized spacial score (nSPS) is 23.2. The molecular weight excluding hydrogens is 260 g/mol. The SMILES string of the molecule is CCC(C(N)=S)S(=O)(=O)N1CCC(C)(O)CC1. The first-order chi connectivity index (χ1) is 7.70. The summed E-state index contributed by atoms with van der Waals surface area (Å²) in [4.78, 5) is 0.0184. The van der Waals surface area contributed by atoms with Crippen LogP contribution in [0.15, 0.2) is 0 Å². The zero-order valence-corrected chi connectivity index (χ0v) is 11.9. The van der Waals surface area contributed by atoms with Crippen molar-refractivity contribution in [2.45, 2.75) is 44.0 Å². The van der Waals surface area contributed by atoms with E-state index in [2.05, 4.69) is 0 Å². The average molecular weight is 280 g/mol. The van der Waals surface area contributed by atoms with Crippen LogP contribution in [0.4, 0.5) is 0 Å². The molecule has 0 radical (unpaired) electrons. The number of piperidine rings is 1. The molecule has 5 nitrogen and oxygen atoms in total. The van der Waals surface area contributed by atoms with E-state index in [4.69, 9.17) is 18.0 Å². The van der Waals surface area contributed by atoms with Gasteiger partial charge in [-0.3, -0.25) is 0 Å². The van der Waals surface area contributed by atoms with Gasteiger partial charge in [-0.05, 0) is 26.2 Å². The molecule has 0 amide bonds. The largest absolute Gasteiger partial charge is 0.392 e. The molecule has 7 heteroatoms. The van der Waals surface area contributed by atoms with Gasteiger partial charge in [0.25, 0.3) is 0 Å². The van der Waals surface area contributed by atoms with Crippen LogP contribution in [0.2, 0.25) is 0 Å². The molecule has 0 saturated carbocycles. The summed E-state index contributed by atoms with van der Waals surface area (Å²) in [5.41, 5.74) is 4.70. The Morgan fingerprint density at radius 3 is 2.35 bits per heavy atom. The highest BCUT2D eigenvalue weighted by Crippen LogP contribution is 2.25. The maximum absolute atomic E-state index is 12.2. The Morgan fingerprint density at radius 1 is 1.53 bits per heavy atom. The third-order valence-corrected chi connectivity index (χ3v) is 6.03. The van der Waals surface area contributed by atoms with Crippen molar-refractivity contribution < 1.29 is 13.5 Å². The van der Waals surface area contributed by atoms with Crippen LogP contribution in [0.3, 0.4) is 0 Å². The molecule has 1 heterocycles. The van der Waals surface area contributed by atoms with Crippen molar-refractivity contribution in [1.82, 2.24) is 4.31 Å². The Kier molecular flexibility index (Phi) is 4.51. The van der Waals surface area contributed by atoms with Gasteiger partial charge >= 0.3 is 0 Å². The lowest BCUT2D eigenvalue weighted by molar-refractivity contribution is 0.0125. The summed E-state index contributed by atoms with van der Waals surface area (Å²) in [5.74, 6) is 0. The molecule has 1 saturated heterocycles.